The van der Waals surface area contributed by atoms with E-state index < -0.39 is 12.0 Å². The number of amides is 2. The van der Waals surface area contributed by atoms with Crippen molar-refractivity contribution in [3.8, 4) is 0 Å². The van der Waals surface area contributed by atoms with Crippen LogP contribution >= 0.6 is 23.2 Å². The molecule has 1 aromatic carbocycles. The molecule has 90 valence electrons. The number of anilines is 1. The van der Waals surface area contributed by atoms with Gasteiger partial charge >= 0.3 is 12.0 Å². The Morgan fingerprint density at radius 1 is 1.29 bits per heavy atom. The molecule has 0 saturated heterocycles. The predicted molar refractivity (Wildman–Crippen MR) is 64.7 cm³/mol. The highest BCUT2D eigenvalue weighted by Gasteiger charge is 2.08. The molecule has 0 aliphatic carbocycles. The van der Waals surface area contributed by atoms with Gasteiger partial charge in [0.05, 0.1) is 15.7 Å². The van der Waals surface area contributed by atoms with E-state index in [0.29, 0.717) is 6.21 Å². The van der Waals surface area contributed by atoms with Crippen LogP contribution in [0.4, 0.5) is 10.5 Å². The number of carbonyl (C=O) groups is 2. The average Bonchev–Trinajstić information content (AvgIpc) is 2.23. The van der Waals surface area contributed by atoms with Gasteiger partial charge in [0.15, 0.2) is 0 Å². The molecule has 6 nitrogen and oxygen atoms in total. The molecule has 0 heterocycles. The third-order valence-corrected chi connectivity index (χ3v) is 2.17. The maximum Gasteiger partial charge on any atom is 0.348 e. The van der Waals surface area contributed by atoms with Gasteiger partial charge in [0.2, 0.25) is 0 Å². The van der Waals surface area contributed by atoms with Crippen molar-refractivity contribution in [3.05, 3.63) is 28.2 Å². The van der Waals surface area contributed by atoms with E-state index in [1.807, 2.05) is 5.43 Å². The van der Waals surface area contributed by atoms with E-state index in [4.69, 9.17) is 28.3 Å². The molecular formula is C9H7Cl2N3O3. The van der Waals surface area contributed by atoms with Gasteiger partial charge in [-0.2, -0.15) is 5.10 Å². The van der Waals surface area contributed by atoms with Crippen molar-refractivity contribution in [1.82, 2.24) is 5.43 Å². The van der Waals surface area contributed by atoms with Gasteiger partial charge in [-0.1, -0.05) is 29.3 Å². The number of hydrazone groups is 1. The summed E-state index contributed by atoms with van der Waals surface area (Å²) < 4.78 is 0. The van der Waals surface area contributed by atoms with Crippen LogP contribution in [0.1, 0.15) is 0 Å². The first-order valence-corrected chi connectivity index (χ1v) is 5.03. The number of hydrogen-bond acceptors (Lipinski definition) is 3. The van der Waals surface area contributed by atoms with Crippen molar-refractivity contribution < 1.29 is 14.7 Å². The first-order chi connectivity index (χ1) is 8.00. The highest BCUT2D eigenvalue weighted by atomic mass is 35.5. The van der Waals surface area contributed by atoms with Crippen molar-refractivity contribution in [3.63, 3.8) is 0 Å². The first-order valence-electron chi connectivity index (χ1n) is 4.27. The molecule has 0 unspecified atom stereocenters. The molecule has 0 fully saturated rings. The van der Waals surface area contributed by atoms with Crippen molar-refractivity contribution in [2.45, 2.75) is 0 Å². The van der Waals surface area contributed by atoms with E-state index in [1.165, 1.54) is 0 Å². The Kier molecular flexibility index (Phi) is 4.74. The monoisotopic (exact) mass is 275 g/mol. The summed E-state index contributed by atoms with van der Waals surface area (Å²) in [6, 6.07) is 3.96. The number of nitrogens with one attached hydrogen (secondary N) is 2. The van der Waals surface area contributed by atoms with Crippen LogP contribution in [0, 0.1) is 0 Å². The molecule has 0 saturated carbocycles. The molecule has 3 N–H and O–H groups in total. The van der Waals surface area contributed by atoms with Crippen LogP contribution in [0.3, 0.4) is 0 Å². The van der Waals surface area contributed by atoms with Crippen molar-refractivity contribution >= 4 is 47.1 Å². The number of carboxylic acids is 1. The number of aliphatic carboxylic acids is 1. The normalized spacial score (nSPS) is 10.2. The fourth-order valence-electron chi connectivity index (χ4n) is 0.905. The fourth-order valence-corrected chi connectivity index (χ4v) is 1.40. The molecule has 8 heteroatoms. The van der Waals surface area contributed by atoms with Crippen LogP contribution in [-0.2, 0) is 4.79 Å². The summed E-state index contributed by atoms with van der Waals surface area (Å²) in [5.74, 6) is -1.28. The summed E-state index contributed by atoms with van der Waals surface area (Å²) in [4.78, 5) is 21.3. The predicted octanol–water partition coefficient (Wildman–Crippen LogP) is 2.19. The van der Waals surface area contributed by atoms with Gasteiger partial charge in [0.1, 0.15) is 6.21 Å². The lowest BCUT2D eigenvalue weighted by atomic mass is 10.3. The summed E-state index contributed by atoms with van der Waals surface area (Å²) in [7, 11) is 0. The number of hydrogen-bond donors (Lipinski definition) is 3. The summed E-state index contributed by atoms with van der Waals surface area (Å²) in [6.07, 6.45) is 0.536. The second-order valence-corrected chi connectivity index (χ2v) is 3.57. The molecule has 0 aliphatic rings. The number of urea groups is 1. The minimum Gasteiger partial charge on any atom is -0.477 e. The Hall–Kier alpha value is -1.79. The van der Waals surface area contributed by atoms with E-state index in [0.717, 1.165) is 0 Å². The van der Waals surface area contributed by atoms with Crippen LogP contribution in [0.15, 0.2) is 23.3 Å². The topological polar surface area (TPSA) is 90.8 Å². The van der Waals surface area contributed by atoms with Crippen LogP contribution in [-0.4, -0.2) is 23.3 Å². The summed E-state index contributed by atoms with van der Waals surface area (Å²) >= 11 is 11.6. The largest absolute Gasteiger partial charge is 0.477 e. The third kappa shape index (κ3) is 4.29. The Morgan fingerprint density at radius 2 is 1.88 bits per heavy atom. The van der Waals surface area contributed by atoms with Gasteiger partial charge in [-0.15, -0.1) is 0 Å². The highest BCUT2D eigenvalue weighted by molar-refractivity contribution is 6.39. The molecule has 0 atom stereocenters. The van der Waals surface area contributed by atoms with E-state index in [2.05, 4.69) is 10.4 Å². The van der Waals surface area contributed by atoms with Crippen molar-refractivity contribution in [1.29, 1.82) is 0 Å². The number of nitrogens with zero attached hydrogens (tertiary/aromatic N) is 1. The van der Waals surface area contributed by atoms with Crippen LogP contribution in [0.2, 0.25) is 10.0 Å². The standard InChI is InChI=1S/C9H7Cl2N3O3/c10-5-2-1-3-6(11)8(5)13-9(17)14-12-4-7(15)16/h1-4H,(H,15,16)(H2,13,14,17). The summed E-state index contributed by atoms with van der Waals surface area (Å²) in [5, 5.41) is 14.2. The zero-order chi connectivity index (χ0) is 12.8. The Morgan fingerprint density at radius 3 is 2.41 bits per heavy atom. The summed E-state index contributed by atoms with van der Waals surface area (Å²) in [6.45, 7) is 0. The van der Waals surface area contributed by atoms with E-state index in [1.54, 1.807) is 18.2 Å². The lowest BCUT2D eigenvalue weighted by Gasteiger charge is -2.07. The quantitative estimate of drug-likeness (QED) is 0.583. The lowest BCUT2D eigenvalue weighted by molar-refractivity contribution is -0.128. The van der Waals surface area contributed by atoms with Gasteiger partial charge in [0.25, 0.3) is 0 Å². The molecule has 2 amide bonds. The van der Waals surface area contributed by atoms with Crippen LogP contribution < -0.4 is 10.7 Å². The molecule has 17 heavy (non-hydrogen) atoms. The SMILES string of the molecule is O=C(O)C=NNC(=O)Nc1c(Cl)cccc1Cl. The molecule has 0 aromatic heterocycles. The van der Waals surface area contributed by atoms with Crippen LogP contribution in [0.5, 0.6) is 0 Å². The molecule has 0 radical (unpaired) electrons. The van der Waals surface area contributed by atoms with E-state index in [-0.39, 0.29) is 15.7 Å². The van der Waals surface area contributed by atoms with Crippen molar-refractivity contribution in [2.24, 2.45) is 5.10 Å². The number of rotatable bonds is 3. The van der Waals surface area contributed by atoms with Gasteiger partial charge in [-0.05, 0) is 12.1 Å². The van der Waals surface area contributed by atoms with Gasteiger partial charge in [0, 0.05) is 0 Å². The Labute approximate surface area is 106 Å². The Balaban J connectivity index is 2.65. The minimum absolute atomic E-state index is 0.221. The number of carboxylic acid groups (broad SMARTS) is 1. The zero-order valence-electron chi connectivity index (χ0n) is 8.28. The minimum atomic E-state index is -1.28. The zero-order valence-corrected chi connectivity index (χ0v) is 9.79. The number of benzene rings is 1. The summed E-state index contributed by atoms with van der Waals surface area (Å²) in [5.41, 5.74) is 2.16. The Bertz CT molecular complexity index is 456. The number of para-hydroxylation sites is 1. The molecule has 0 bridgehead atoms. The first kappa shape index (κ1) is 13.3. The smallest absolute Gasteiger partial charge is 0.348 e. The van der Waals surface area contributed by atoms with Gasteiger partial charge in [-0.25, -0.2) is 15.0 Å². The third-order valence-electron chi connectivity index (χ3n) is 1.54. The number of carbonyl (C=O) groups excluding carboxylic acids is 1. The highest BCUT2D eigenvalue weighted by Crippen LogP contribution is 2.29. The molecule has 1 rings (SSSR count). The van der Waals surface area contributed by atoms with Gasteiger partial charge in [-0.3, -0.25) is 0 Å². The molecule has 1 aromatic rings. The number of halogens is 2. The van der Waals surface area contributed by atoms with E-state index >= 15 is 0 Å². The molecular weight excluding hydrogens is 269 g/mol. The lowest BCUT2D eigenvalue weighted by Crippen LogP contribution is -2.25. The second-order valence-electron chi connectivity index (χ2n) is 2.76. The maximum absolute atomic E-state index is 11.3. The molecule has 0 spiro atoms. The fraction of sp³-hybridized carbons (Fsp3) is 0. The van der Waals surface area contributed by atoms with E-state index in [9.17, 15) is 9.59 Å². The molecule has 0 aliphatic heterocycles. The van der Waals surface area contributed by atoms with Crippen molar-refractivity contribution in [2.75, 3.05) is 5.32 Å². The van der Waals surface area contributed by atoms with Crippen LogP contribution in [0.25, 0.3) is 0 Å². The average molecular weight is 276 g/mol. The van der Waals surface area contributed by atoms with Gasteiger partial charge < -0.3 is 10.4 Å². The maximum atomic E-state index is 11.3. The second kappa shape index (κ2) is 6.07.